The number of hydrogen-bond donors (Lipinski definition) is 2. The number of quaternary nitrogens is 1. The molecule has 0 saturated carbocycles. The van der Waals surface area contributed by atoms with E-state index in [2.05, 4.69) is 5.32 Å². The van der Waals surface area contributed by atoms with Crippen molar-refractivity contribution in [3.63, 3.8) is 0 Å². The van der Waals surface area contributed by atoms with Crippen LogP contribution in [-0.2, 0) is 0 Å². The molecule has 0 bridgehead atoms. The van der Waals surface area contributed by atoms with E-state index in [-0.39, 0.29) is 17.6 Å². The zero-order valence-corrected chi connectivity index (χ0v) is 16.1. The van der Waals surface area contributed by atoms with Gasteiger partial charge >= 0.3 is 0 Å². The third kappa shape index (κ3) is 4.70. The fourth-order valence-corrected chi connectivity index (χ4v) is 4.11. The van der Waals surface area contributed by atoms with Crippen LogP contribution in [0.5, 0.6) is 0 Å². The Hall–Kier alpha value is -2.32. The third-order valence-corrected chi connectivity index (χ3v) is 5.76. The Morgan fingerprint density at radius 3 is 2.74 bits per heavy atom. The van der Waals surface area contributed by atoms with E-state index in [9.17, 15) is 14.9 Å². The van der Waals surface area contributed by atoms with Crippen LogP contribution in [0.25, 0.3) is 0 Å². The molecular weight excluding hydrogens is 366 g/mol. The van der Waals surface area contributed by atoms with E-state index in [1.807, 2.05) is 12.1 Å². The van der Waals surface area contributed by atoms with Crippen molar-refractivity contribution in [3.05, 3.63) is 58.0 Å². The average molecular weight is 390 g/mol. The molecule has 1 fully saturated rings. The number of likely N-dealkylation sites (tertiary alicyclic amines) is 1. The van der Waals surface area contributed by atoms with Gasteiger partial charge in [-0.3, -0.25) is 14.9 Å². The van der Waals surface area contributed by atoms with Gasteiger partial charge in [0.05, 0.1) is 35.7 Å². The highest BCUT2D eigenvalue weighted by atomic mass is 32.2. The lowest BCUT2D eigenvalue weighted by Crippen LogP contribution is -3.13. The maximum Gasteiger partial charge on any atom is 0.283 e. The maximum absolute atomic E-state index is 12.6. The first-order valence-corrected chi connectivity index (χ1v) is 10.3. The van der Waals surface area contributed by atoms with Gasteiger partial charge in [0.25, 0.3) is 11.6 Å². The fraction of sp³-hybridized carbons (Fsp3) is 0.421. The Kier molecular flexibility index (Phi) is 6.52. The number of rotatable bonds is 7. The molecule has 144 valence electrons. The Morgan fingerprint density at radius 1 is 1.33 bits per heavy atom. The first-order chi connectivity index (χ1) is 13.1. The van der Waals surface area contributed by atoms with Crippen molar-refractivity contribution in [1.82, 2.24) is 5.32 Å². The molecule has 0 unspecified atom stereocenters. The molecule has 1 atom stereocenters. The summed E-state index contributed by atoms with van der Waals surface area (Å²) in [5.41, 5.74) is 0.255. The summed E-state index contributed by atoms with van der Waals surface area (Å²) in [6, 6.07) is 8.44. The van der Waals surface area contributed by atoms with Crippen molar-refractivity contribution in [3.8, 4) is 0 Å². The normalized spacial score (nSPS) is 16.0. The molecule has 0 aliphatic carbocycles. The second-order valence-electron chi connectivity index (χ2n) is 6.64. The van der Waals surface area contributed by atoms with Crippen LogP contribution in [0.15, 0.2) is 45.9 Å². The average Bonchev–Trinajstić information content (AvgIpc) is 3.22. The van der Waals surface area contributed by atoms with E-state index < -0.39 is 4.92 Å². The van der Waals surface area contributed by atoms with Gasteiger partial charge in [0, 0.05) is 11.6 Å². The van der Waals surface area contributed by atoms with Crippen molar-refractivity contribution in [2.75, 3.05) is 25.9 Å². The molecule has 1 aliphatic heterocycles. The Labute approximate surface area is 162 Å². The number of amides is 1. The first kappa shape index (κ1) is 19.4. The molecule has 7 nitrogen and oxygen atoms in total. The molecule has 27 heavy (non-hydrogen) atoms. The topological polar surface area (TPSA) is 89.8 Å². The molecule has 1 saturated heterocycles. The number of hydrogen-bond acceptors (Lipinski definition) is 5. The van der Waals surface area contributed by atoms with E-state index in [1.165, 1.54) is 42.0 Å². The van der Waals surface area contributed by atoms with Crippen molar-refractivity contribution in [2.24, 2.45) is 0 Å². The monoisotopic (exact) mass is 390 g/mol. The molecule has 3 rings (SSSR count). The van der Waals surface area contributed by atoms with Gasteiger partial charge in [-0.05, 0) is 49.8 Å². The quantitative estimate of drug-likeness (QED) is 0.431. The van der Waals surface area contributed by atoms with Crippen LogP contribution in [0.3, 0.4) is 0 Å². The van der Waals surface area contributed by atoms with Crippen LogP contribution in [0.1, 0.15) is 41.4 Å². The molecule has 2 N–H and O–H groups in total. The van der Waals surface area contributed by atoms with Crippen LogP contribution in [0.2, 0.25) is 0 Å². The van der Waals surface area contributed by atoms with Crippen molar-refractivity contribution in [2.45, 2.75) is 30.2 Å². The number of benzene rings is 1. The molecule has 2 heterocycles. The lowest BCUT2D eigenvalue weighted by Gasteiger charge is -2.30. The second kappa shape index (κ2) is 9.05. The SMILES string of the molecule is CSc1ccc(C(=O)NC[C@@H](c2ccco2)[NH+]2CCCCC2)cc1[N+](=O)[O-]. The number of nitro benzene ring substituents is 1. The minimum Gasteiger partial charge on any atom is -0.463 e. The van der Waals surface area contributed by atoms with Gasteiger partial charge in [-0.25, -0.2) is 0 Å². The summed E-state index contributed by atoms with van der Waals surface area (Å²) in [6.07, 6.45) is 7.01. The van der Waals surface area contributed by atoms with Crippen LogP contribution in [-0.4, -0.2) is 36.7 Å². The van der Waals surface area contributed by atoms with Crippen molar-refractivity contribution < 1.29 is 19.0 Å². The number of nitrogens with zero attached hydrogens (tertiary/aromatic N) is 1. The number of furan rings is 1. The summed E-state index contributed by atoms with van der Waals surface area (Å²) >= 11 is 1.29. The van der Waals surface area contributed by atoms with Gasteiger partial charge in [0.15, 0.2) is 11.8 Å². The minimum absolute atomic E-state index is 0.0422. The smallest absolute Gasteiger partial charge is 0.283 e. The molecule has 0 radical (unpaired) electrons. The largest absolute Gasteiger partial charge is 0.463 e. The van der Waals surface area contributed by atoms with Crippen LogP contribution < -0.4 is 10.2 Å². The lowest BCUT2D eigenvalue weighted by molar-refractivity contribution is -0.936. The van der Waals surface area contributed by atoms with Crippen LogP contribution in [0, 0.1) is 10.1 Å². The number of carbonyl (C=O) groups is 1. The van der Waals surface area contributed by atoms with Crippen molar-refractivity contribution >= 4 is 23.4 Å². The summed E-state index contributed by atoms with van der Waals surface area (Å²) in [4.78, 5) is 25.3. The molecule has 2 aromatic rings. The van der Waals surface area contributed by atoms with E-state index >= 15 is 0 Å². The lowest BCUT2D eigenvalue weighted by atomic mass is 10.1. The number of carbonyl (C=O) groups excluding carboxylic acids is 1. The molecule has 1 aliphatic rings. The highest BCUT2D eigenvalue weighted by molar-refractivity contribution is 7.98. The summed E-state index contributed by atoms with van der Waals surface area (Å²) in [6.45, 7) is 2.53. The third-order valence-electron chi connectivity index (χ3n) is 4.98. The van der Waals surface area contributed by atoms with E-state index in [0.717, 1.165) is 18.8 Å². The van der Waals surface area contributed by atoms with Gasteiger partial charge in [-0.1, -0.05) is 0 Å². The van der Waals surface area contributed by atoms with Gasteiger partial charge in [0.1, 0.15) is 0 Å². The Bertz CT molecular complexity index is 788. The van der Waals surface area contributed by atoms with Crippen LogP contribution >= 0.6 is 11.8 Å². The van der Waals surface area contributed by atoms with Gasteiger partial charge in [0.2, 0.25) is 0 Å². The fourth-order valence-electron chi connectivity index (χ4n) is 3.56. The van der Waals surface area contributed by atoms with E-state index in [1.54, 1.807) is 24.7 Å². The number of nitro groups is 1. The van der Waals surface area contributed by atoms with Gasteiger partial charge < -0.3 is 14.6 Å². The molecule has 1 aromatic carbocycles. The molecule has 1 amide bonds. The van der Waals surface area contributed by atoms with Crippen molar-refractivity contribution in [1.29, 1.82) is 0 Å². The highest BCUT2D eigenvalue weighted by Gasteiger charge is 2.29. The molecular formula is C19H24N3O4S+. The first-order valence-electron chi connectivity index (χ1n) is 9.08. The summed E-state index contributed by atoms with van der Waals surface area (Å²) in [7, 11) is 0. The zero-order chi connectivity index (χ0) is 19.2. The second-order valence-corrected chi connectivity index (χ2v) is 7.49. The Morgan fingerprint density at radius 2 is 2.11 bits per heavy atom. The molecule has 1 aromatic heterocycles. The summed E-state index contributed by atoms with van der Waals surface area (Å²) < 4.78 is 5.60. The summed E-state index contributed by atoms with van der Waals surface area (Å²) in [5.74, 6) is 0.551. The number of nitrogens with one attached hydrogen (secondary N) is 2. The van der Waals surface area contributed by atoms with Gasteiger partial charge in [-0.15, -0.1) is 11.8 Å². The van der Waals surface area contributed by atoms with E-state index in [0.29, 0.717) is 17.0 Å². The predicted octanol–water partition coefficient (Wildman–Crippen LogP) is 2.45. The Balaban J connectivity index is 1.72. The van der Waals surface area contributed by atoms with E-state index in [4.69, 9.17) is 4.42 Å². The standard InChI is InChI=1S/C19H23N3O4S/c1-27-18-8-7-14(12-15(18)22(24)25)19(23)20-13-16(17-6-5-11-26-17)21-9-3-2-4-10-21/h5-8,11-12,16H,2-4,9-10,13H2,1H3,(H,20,23)/p+1/t16-/m0/s1. The maximum atomic E-state index is 12.6. The highest BCUT2D eigenvalue weighted by Crippen LogP contribution is 2.28. The molecule has 8 heteroatoms. The predicted molar refractivity (Wildman–Crippen MR) is 103 cm³/mol. The summed E-state index contributed by atoms with van der Waals surface area (Å²) in [5, 5.41) is 14.2. The minimum atomic E-state index is -0.452. The molecule has 0 spiro atoms. The number of thioether (sulfide) groups is 1. The van der Waals surface area contributed by atoms with Crippen LogP contribution in [0.4, 0.5) is 5.69 Å². The van der Waals surface area contributed by atoms with Gasteiger partial charge in [-0.2, -0.15) is 0 Å². The number of piperidine rings is 1. The zero-order valence-electron chi connectivity index (χ0n) is 15.3.